The van der Waals surface area contributed by atoms with E-state index in [1.54, 1.807) is 12.1 Å². The first kappa shape index (κ1) is 22.9. The van der Waals surface area contributed by atoms with Crippen LogP contribution in [0.4, 0.5) is 26.0 Å². The van der Waals surface area contributed by atoms with Crippen LogP contribution in [-0.4, -0.2) is 47.5 Å². The fourth-order valence-corrected chi connectivity index (χ4v) is 3.91. The van der Waals surface area contributed by atoms with E-state index in [4.69, 9.17) is 16.3 Å². The molecule has 0 saturated carbocycles. The van der Waals surface area contributed by atoms with E-state index < -0.39 is 17.6 Å². The van der Waals surface area contributed by atoms with Crippen LogP contribution in [0, 0.1) is 5.82 Å². The van der Waals surface area contributed by atoms with Crippen molar-refractivity contribution in [2.75, 3.05) is 31.3 Å². The van der Waals surface area contributed by atoms with Gasteiger partial charge in [-0.05, 0) is 56.8 Å². The number of amides is 1. The van der Waals surface area contributed by atoms with Crippen molar-refractivity contribution in [3.8, 4) is 5.75 Å². The topological polar surface area (TPSA) is 79.4 Å². The van der Waals surface area contributed by atoms with E-state index in [9.17, 15) is 13.6 Å². The fourth-order valence-electron chi connectivity index (χ4n) is 3.73. The molecule has 1 aromatic heterocycles. The summed E-state index contributed by atoms with van der Waals surface area (Å²) in [7, 11) is 3.34. The van der Waals surface area contributed by atoms with E-state index in [-0.39, 0.29) is 16.8 Å². The number of methoxy groups -OCH3 is 1. The maximum absolute atomic E-state index is 14.6. The zero-order chi connectivity index (χ0) is 23.5. The molecule has 2 aromatic carbocycles. The van der Waals surface area contributed by atoms with Gasteiger partial charge in [-0.15, -0.1) is 0 Å². The molecule has 33 heavy (non-hydrogen) atoms. The quantitative estimate of drug-likeness (QED) is 0.487. The molecule has 1 aliphatic rings. The van der Waals surface area contributed by atoms with Crippen LogP contribution in [0.2, 0.25) is 5.02 Å². The number of carbonyl (C=O) groups excluding carboxylic acids is 1. The van der Waals surface area contributed by atoms with Gasteiger partial charge in [0.15, 0.2) is 5.83 Å². The summed E-state index contributed by atoms with van der Waals surface area (Å²) in [4.78, 5) is 23.0. The highest BCUT2D eigenvalue weighted by Crippen LogP contribution is 2.34. The van der Waals surface area contributed by atoms with Crippen LogP contribution in [0.25, 0.3) is 10.9 Å². The SMILES string of the molecule is COc1cc2ncnc(Nc3ccc(F)c(Cl)c3)c2cc1NC(=O)C(F)=C[C@@H]1CCCN1C. The van der Waals surface area contributed by atoms with Crippen LogP contribution in [0.5, 0.6) is 5.75 Å². The Hall–Kier alpha value is -3.30. The number of ether oxygens (including phenoxy) is 1. The summed E-state index contributed by atoms with van der Waals surface area (Å²) in [5.41, 5.74) is 1.30. The van der Waals surface area contributed by atoms with E-state index in [1.165, 1.54) is 37.7 Å². The van der Waals surface area contributed by atoms with Gasteiger partial charge in [-0.3, -0.25) is 9.69 Å². The number of likely N-dealkylation sites (tertiary alicyclic amines) is 1. The second-order valence-corrected chi connectivity index (χ2v) is 8.11. The molecule has 1 aliphatic heterocycles. The molecule has 0 bridgehead atoms. The van der Waals surface area contributed by atoms with Crippen molar-refractivity contribution in [1.82, 2.24) is 14.9 Å². The van der Waals surface area contributed by atoms with E-state index in [0.29, 0.717) is 28.2 Å². The predicted octanol–water partition coefficient (Wildman–Crippen LogP) is 5.06. The second-order valence-electron chi connectivity index (χ2n) is 7.70. The molecule has 3 aromatic rings. The molecule has 0 unspecified atom stereocenters. The lowest BCUT2D eigenvalue weighted by molar-refractivity contribution is -0.114. The third kappa shape index (κ3) is 5.04. The van der Waals surface area contributed by atoms with E-state index in [1.807, 2.05) is 11.9 Å². The van der Waals surface area contributed by atoms with Gasteiger partial charge < -0.3 is 15.4 Å². The van der Waals surface area contributed by atoms with Crippen molar-refractivity contribution in [2.24, 2.45) is 0 Å². The number of benzene rings is 2. The zero-order valence-electron chi connectivity index (χ0n) is 18.0. The molecule has 1 fully saturated rings. The molecule has 0 spiro atoms. The fraction of sp³-hybridized carbons (Fsp3) is 0.261. The number of halogens is 3. The molecule has 1 saturated heterocycles. The molecule has 0 aliphatic carbocycles. The summed E-state index contributed by atoms with van der Waals surface area (Å²) in [6.45, 7) is 0.865. The van der Waals surface area contributed by atoms with E-state index in [0.717, 1.165) is 19.4 Å². The lowest BCUT2D eigenvalue weighted by atomic mass is 10.1. The number of carbonyl (C=O) groups is 1. The molecule has 1 amide bonds. The zero-order valence-corrected chi connectivity index (χ0v) is 18.8. The number of fused-ring (bicyclic) bond motifs is 1. The Labute approximate surface area is 194 Å². The highest BCUT2D eigenvalue weighted by Gasteiger charge is 2.22. The minimum Gasteiger partial charge on any atom is -0.494 e. The maximum Gasteiger partial charge on any atom is 0.284 e. The Morgan fingerprint density at radius 3 is 2.82 bits per heavy atom. The Morgan fingerprint density at radius 1 is 1.30 bits per heavy atom. The number of nitrogens with zero attached hydrogens (tertiary/aromatic N) is 3. The van der Waals surface area contributed by atoms with Crippen molar-refractivity contribution in [3.63, 3.8) is 0 Å². The number of hydrogen-bond acceptors (Lipinski definition) is 6. The van der Waals surface area contributed by atoms with Gasteiger partial charge >= 0.3 is 0 Å². The van der Waals surface area contributed by atoms with Gasteiger partial charge in [-0.25, -0.2) is 18.7 Å². The number of rotatable bonds is 6. The lowest BCUT2D eigenvalue weighted by Crippen LogP contribution is -2.24. The second kappa shape index (κ2) is 9.68. The van der Waals surface area contributed by atoms with Gasteiger partial charge in [-0.1, -0.05) is 11.6 Å². The first-order chi connectivity index (χ1) is 15.9. The number of nitrogens with one attached hydrogen (secondary N) is 2. The summed E-state index contributed by atoms with van der Waals surface area (Å²) < 4.78 is 33.4. The van der Waals surface area contributed by atoms with Crippen molar-refractivity contribution in [1.29, 1.82) is 0 Å². The van der Waals surface area contributed by atoms with Crippen molar-refractivity contribution >= 4 is 45.6 Å². The van der Waals surface area contributed by atoms with E-state index >= 15 is 0 Å². The minimum absolute atomic E-state index is 0.0387. The normalized spacial score (nSPS) is 16.8. The van der Waals surface area contributed by atoms with Crippen LogP contribution in [0.1, 0.15) is 12.8 Å². The molecule has 7 nitrogen and oxygen atoms in total. The molecule has 10 heteroatoms. The van der Waals surface area contributed by atoms with Gasteiger partial charge in [-0.2, -0.15) is 0 Å². The lowest BCUT2D eigenvalue weighted by Gasteiger charge is -2.16. The summed E-state index contributed by atoms with van der Waals surface area (Å²) in [6.07, 6.45) is 4.45. The molecule has 2 heterocycles. The van der Waals surface area contributed by atoms with Gasteiger partial charge in [0.25, 0.3) is 5.91 Å². The molecule has 1 atom stereocenters. The first-order valence-corrected chi connectivity index (χ1v) is 10.7. The van der Waals surface area contributed by atoms with Crippen molar-refractivity contribution in [2.45, 2.75) is 18.9 Å². The van der Waals surface area contributed by atoms with Crippen molar-refractivity contribution in [3.05, 3.63) is 59.4 Å². The molecule has 0 radical (unpaired) electrons. The highest BCUT2D eigenvalue weighted by molar-refractivity contribution is 6.31. The summed E-state index contributed by atoms with van der Waals surface area (Å²) >= 11 is 5.86. The molecule has 4 rings (SSSR count). The average Bonchev–Trinajstić information content (AvgIpc) is 3.20. The van der Waals surface area contributed by atoms with Crippen LogP contribution < -0.4 is 15.4 Å². The van der Waals surface area contributed by atoms with Crippen molar-refractivity contribution < 1.29 is 18.3 Å². The first-order valence-electron chi connectivity index (χ1n) is 10.3. The molecular formula is C23H22ClF2N5O2. The maximum atomic E-state index is 14.6. The monoisotopic (exact) mass is 473 g/mol. The smallest absolute Gasteiger partial charge is 0.284 e. The number of anilines is 3. The van der Waals surface area contributed by atoms with Crippen LogP contribution in [-0.2, 0) is 4.79 Å². The number of likely N-dealkylation sites (N-methyl/N-ethyl adjacent to an activating group) is 1. The number of hydrogen-bond donors (Lipinski definition) is 2. The van der Waals surface area contributed by atoms with Gasteiger partial charge in [0.05, 0.1) is 23.3 Å². The Balaban J connectivity index is 1.65. The van der Waals surface area contributed by atoms with Crippen LogP contribution in [0.3, 0.4) is 0 Å². The predicted molar refractivity (Wildman–Crippen MR) is 124 cm³/mol. The summed E-state index contributed by atoms with van der Waals surface area (Å²) in [5, 5.41) is 6.13. The molecule has 172 valence electrons. The Bertz CT molecular complexity index is 1240. The summed E-state index contributed by atoms with van der Waals surface area (Å²) in [5.74, 6) is -1.56. The molecule has 2 N–H and O–H groups in total. The third-order valence-electron chi connectivity index (χ3n) is 5.52. The Kier molecular flexibility index (Phi) is 6.71. The Morgan fingerprint density at radius 2 is 2.12 bits per heavy atom. The minimum atomic E-state index is -0.871. The summed E-state index contributed by atoms with van der Waals surface area (Å²) in [6, 6.07) is 7.27. The van der Waals surface area contributed by atoms with Crippen LogP contribution >= 0.6 is 11.6 Å². The average molecular weight is 474 g/mol. The third-order valence-corrected chi connectivity index (χ3v) is 5.81. The largest absolute Gasteiger partial charge is 0.494 e. The standard InChI is InChI=1S/C23H22ClF2N5O2/c1-31-7-3-4-14(31)9-18(26)23(32)30-20-10-15-19(11-21(20)33-2)27-12-28-22(15)29-13-5-6-17(25)16(24)8-13/h5-6,8-12,14H,3-4,7H2,1-2H3,(H,30,32)(H,27,28,29)/t14-/m0/s1. The van der Waals surface area contributed by atoms with E-state index in [2.05, 4.69) is 20.6 Å². The van der Waals surface area contributed by atoms with Gasteiger partial charge in [0.2, 0.25) is 0 Å². The highest BCUT2D eigenvalue weighted by atomic mass is 35.5. The van der Waals surface area contributed by atoms with Crippen LogP contribution in [0.15, 0.2) is 48.6 Å². The number of aromatic nitrogens is 2. The molecular weight excluding hydrogens is 452 g/mol. The van der Waals surface area contributed by atoms with Gasteiger partial charge in [0, 0.05) is 23.2 Å². The van der Waals surface area contributed by atoms with Gasteiger partial charge in [0.1, 0.15) is 23.7 Å².